The molecule has 0 bridgehead atoms. The lowest BCUT2D eigenvalue weighted by Crippen LogP contribution is -2.53. The predicted molar refractivity (Wildman–Crippen MR) is 64.6 cm³/mol. The van der Waals surface area contributed by atoms with Gasteiger partial charge in [0.2, 0.25) is 0 Å². The van der Waals surface area contributed by atoms with E-state index in [9.17, 15) is 4.79 Å². The van der Waals surface area contributed by atoms with Crippen molar-refractivity contribution >= 4 is 5.97 Å². The van der Waals surface area contributed by atoms with Crippen LogP contribution >= 0.6 is 0 Å². The summed E-state index contributed by atoms with van der Waals surface area (Å²) in [5.74, 6) is -0.833. The van der Waals surface area contributed by atoms with Crippen LogP contribution in [0.1, 0.15) is 26.7 Å². The minimum absolute atomic E-state index is 0.141. The number of likely N-dealkylation sites (tertiary alicyclic amines) is 1. The molecule has 4 heteroatoms. The van der Waals surface area contributed by atoms with Crippen LogP contribution in [0.3, 0.4) is 0 Å². The molecule has 1 fully saturated rings. The fourth-order valence-corrected chi connectivity index (χ4v) is 2.21. The third-order valence-corrected chi connectivity index (χ3v) is 3.57. The van der Waals surface area contributed by atoms with Gasteiger partial charge in [-0.1, -0.05) is 0 Å². The smallest absolute Gasteiger partial charge is 0.307 e. The minimum atomic E-state index is -0.648. The molecule has 0 aliphatic carbocycles. The zero-order valence-corrected chi connectivity index (χ0v) is 10.9. The van der Waals surface area contributed by atoms with Gasteiger partial charge < -0.3 is 10.0 Å². The summed E-state index contributed by atoms with van der Waals surface area (Å²) in [5.41, 5.74) is 0.141. The number of carboxylic acid groups (broad SMARTS) is 1. The molecule has 1 rings (SSSR count). The first-order valence-electron chi connectivity index (χ1n) is 5.95. The quantitative estimate of drug-likeness (QED) is 0.783. The molecule has 1 aliphatic rings. The largest absolute Gasteiger partial charge is 0.481 e. The molecule has 16 heavy (non-hydrogen) atoms. The zero-order chi connectivity index (χ0) is 12.3. The van der Waals surface area contributed by atoms with Crippen LogP contribution in [0, 0.1) is 5.92 Å². The molecule has 0 aromatic carbocycles. The van der Waals surface area contributed by atoms with Gasteiger partial charge in [-0.3, -0.25) is 9.69 Å². The van der Waals surface area contributed by atoms with Gasteiger partial charge in [-0.05, 0) is 40.8 Å². The number of rotatable bonds is 4. The topological polar surface area (TPSA) is 43.8 Å². The second-order valence-corrected chi connectivity index (χ2v) is 5.64. The van der Waals surface area contributed by atoms with Crippen molar-refractivity contribution < 1.29 is 9.90 Å². The van der Waals surface area contributed by atoms with E-state index in [4.69, 9.17) is 5.11 Å². The average Bonchev–Trinajstić information content (AvgIpc) is 2.14. The Kier molecular flexibility index (Phi) is 4.33. The van der Waals surface area contributed by atoms with E-state index in [1.165, 1.54) is 0 Å². The van der Waals surface area contributed by atoms with Gasteiger partial charge in [0.1, 0.15) is 0 Å². The Labute approximate surface area is 98.2 Å². The Morgan fingerprint density at radius 1 is 1.50 bits per heavy atom. The number of carboxylic acids is 1. The van der Waals surface area contributed by atoms with Gasteiger partial charge in [0.15, 0.2) is 0 Å². The summed E-state index contributed by atoms with van der Waals surface area (Å²) >= 11 is 0. The monoisotopic (exact) mass is 228 g/mol. The Bertz CT molecular complexity index is 251. The van der Waals surface area contributed by atoms with Crippen molar-refractivity contribution in [3.05, 3.63) is 0 Å². The molecule has 0 radical (unpaired) electrons. The van der Waals surface area contributed by atoms with Crippen molar-refractivity contribution in [2.45, 2.75) is 32.2 Å². The van der Waals surface area contributed by atoms with Gasteiger partial charge in [-0.2, -0.15) is 0 Å². The van der Waals surface area contributed by atoms with Crippen molar-refractivity contribution in [3.8, 4) is 0 Å². The van der Waals surface area contributed by atoms with Gasteiger partial charge in [0, 0.05) is 25.2 Å². The molecule has 1 saturated heterocycles. The molecule has 1 heterocycles. The van der Waals surface area contributed by atoms with Gasteiger partial charge >= 0.3 is 5.97 Å². The summed E-state index contributed by atoms with van der Waals surface area (Å²) in [6.07, 6.45) is 1.78. The van der Waals surface area contributed by atoms with Crippen LogP contribution in [0.4, 0.5) is 0 Å². The van der Waals surface area contributed by atoms with Crippen molar-refractivity contribution in [1.82, 2.24) is 9.80 Å². The lowest BCUT2D eigenvalue weighted by molar-refractivity contribution is -0.145. The summed E-state index contributed by atoms with van der Waals surface area (Å²) in [7, 11) is 4.09. The zero-order valence-electron chi connectivity index (χ0n) is 10.9. The molecule has 94 valence electrons. The third kappa shape index (κ3) is 3.46. The fourth-order valence-electron chi connectivity index (χ4n) is 2.21. The first-order chi connectivity index (χ1) is 7.33. The molecule has 1 atom stereocenters. The maximum absolute atomic E-state index is 11.0. The van der Waals surface area contributed by atoms with E-state index in [1.807, 2.05) is 14.1 Å². The number of piperidine rings is 1. The average molecular weight is 228 g/mol. The highest BCUT2D eigenvalue weighted by Crippen LogP contribution is 2.30. The third-order valence-electron chi connectivity index (χ3n) is 3.57. The van der Waals surface area contributed by atoms with Gasteiger partial charge in [-0.25, -0.2) is 0 Å². The summed E-state index contributed by atoms with van der Waals surface area (Å²) in [6, 6.07) is 0. The molecule has 0 saturated carbocycles. The van der Waals surface area contributed by atoms with Gasteiger partial charge in [0.25, 0.3) is 0 Å². The molecule has 1 aliphatic heterocycles. The van der Waals surface area contributed by atoms with Crippen LogP contribution < -0.4 is 0 Å². The summed E-state index contributed by atoms with van der Waals surface area (Å²) < 4.78 is 0. The number of likely N-dealkylation sites (N-methyl/N-ethyl adjacent to an activating group) is 1. The molecule has 4 nitrogen and oxygen atoms in total. The summed E-state index contributed by atoms with van der Waals surface area (Å²) in [5, 5.41) is 9.07. The number of hydrogen-bond donors (Lipinski definition) is 1. The minimum Gasteiger partial charge on any atom is -0.481 e. The Balaban J connectivity index is 2.58. The maximum Gasteiger partial charge on any atom is 0.307 e. The first-order valence-corrected chi connectivity index (χ1v) is 5.95. The SMILES string of the molecule is CN(C)CCN1CC(C(=O)O)CCC1(C)C. The van der Waals surface area contributed by atoms with E-state index < -0.39 is 5.97 Å². The standard InChI is InChI=1S/C12H24N2O2/c1-12(2)6-5-10(11(15)16)9-14(12)8-7-13(3)4/h10H,5-9H2,1-4H3,(H,15,16). The lowest BCUT2D eigenvalue weighted by atomic mass is 9.85. The number of carbonyl (C=O) groups is 1. The molecule has 0 amide bonds. The molecule has 0 aromatic rings. The van der Waals surface area contributed by atoms with E-state index in [2.05, 4.69) is 23.6 Å². The van der Waals surface area contributed by atoms with E-state index in [-0.39, 0.29) is 11.5 Å². The van der Waals surface area contributed by atoms with Crippen molar-refractivity contribution in [3.63, 3.8) is 0 Å². The highest BCUT2D eigenvalue weighted by Gasteiger charge is 2.36. The van der Waals surface area contributed by atoms with Crippen LogP contribution in [0.25, 0.3) is 0 Å². The van der Waals surface area contributed by atoms with Gasteiger partial charge in [-0.15, -0.1) is 0 Å². The second kappa shape index (κ2) is 5.15. The Morgan fingerprint density at radius 3 is 2.62 bits per heavy atom. The Morgan fingerprint density at radius 2 is 2.12 bits per heavy atom. The van der Waals surface area contributed by atoms with Crippen LogP contribution in [-0.4, -0.2) is 60.1 Å². The first kappa shape index (κ1) is 13.5. The summed E-state index contributed by atoms with van der Waals surface area (Å²) in [6.45, 7) is 7.04. The van der Waals surface area contributed by atoms with Crippen LogP contribution in [0.5, 0.6) is 0 Å². The Hall–Kier alpha value is -0.610. The van der Waals surface area contributed by atoms with Crippen molar-refractivity contribution in [2.24, 2.45) is 5.92 Å². The highest BCUT2D eigenvalue weighted by atomic mass is 16.4. The molecular formula is C12H24N2O2. The van der Waals surface area contributed by atoms with E-state index >= 15 is 0 Å². The molecule has 0 spiro atoms. The van der Waals surface area contributed by atoms with E-state index in [0.29, 0.717) is 6.54 Å². The molecular weight excluding hydrogens is 204 g/mol. The van der Waals surface area contributed by atoms with Crippen LogP contribution in [0.15, 0.2) is 0 Å². The summed E-state index contributed by atoms with van der Waals surface area (Å²) in [4.78, 5) is 15.5. The van der Waals surface area contributed by atoms with E-state index in [0.717, 1.165) is 25.9 Å². The van der Waals surface area contributed by atoms with Gasteiger partial charge in [0.05, 0.1) is 5.92 Å². The maximum atomic E-state index is 11.0. The second-order valence-electron chi connectivity index (χ2n) is 5.64. The number of nitrogens with zero attached hydrogens (tertiary/aromatic N) is 2. The van der Waals surface area contributed by atoms with Crippen molar-refractivity contribution in [1.29, 1.82) is 0 Å². The van der Waals surface area contributed by atoms with E-state index in [1.54, 1.807) is 0 Å². The normalized spacial score (nSPS) is 25.9. The highest BCUT2D eigenvalue weighted by molar-refractivity contribution is 5.70. The number of hydrogen-bond acceptors (Lipinski definition) is 3. The van der Waals surface area contributed by atoms with Crippen LogP contribution in [0.2, 0.25) is 0 Å². The van der Waals surface area contributed by atoms with Crippen molar-refractivity contribution in [2.75, 3.05) is 33.7 Å². The lowest BCUT2D eigenvalue weighted by Gasteiger charge is -2.45. The number of aliphatic carboxylic acids is 1. The molecule has 1 unspecified atom stereocenters. The van der Waals surface area contributed by atoms with Crippen LogP contribution in [-0.2, 0) is 4.79 Å². The predicted octanol–water partition coefficient (Wildman–Crippen LogP) is 1.12. The fraction of sp³-hybridized carbons (Fsp3) is 0.917. The molecule has 0 aromatic heterocycles. The molecule has 1 N–H and O–H groups in total.